The van der Waals surface area contributed by atoms with Crippen molar-refractivity contribution in [3.05, 3.63) is 34.9 Å². The number of methoxy groups -OCH3 is 1. The lowest BCUT2D eigenvalue weighted by Crippen LogP contribution is -2.36. The van der Waals surface area contributed by atoms with Crippen LogP contribution in [0.1, 0.15) is 43.4 Å². The van der Waals surface area contributed by atoms with Gasteiger partial charge in [-0.05, 0) is 50.3 Å². The summed E-state index contributed by atoms with van der Waals surface area (Å²) >= 11 is 0. The first kappa shape index (κ1) is 15.4. The largest absolute Gasteiger partial charge is 0.379 e. The molecule has 1 aliphatic carbocycles. The fourth-order valence-corrected chi connectivity index (χ4v) is 2.67. The van der Waals surface area contributed by atoms with Gasteiger partial charge in [0.15, 0.2) is 0 Å². The van der Waals surface area contributed by atoms with Gasteiger partial charge < -0.3 is 10.1 Å². The first-order valence-corrected chi connectivity index (χ1v) is 7.30. The molecular formula is C16H23F2NO. The highest BCUT2D eigenvalue weighted by atomic mass is 19.1. The molecule has 0 heterocycles. The summed E-state index contributed by atoms with van der Waals surface area (Å²) in [4.78, 5) is 0. The summed E-state index contributed by atoms with van der Waals surface area (Å²) in [5.74, 6) is -0.556. The van der Waals surface area contributed by atoms with Gasteiger partial charge in [-0.3, -0.25) is 0 Å². The van der Waals surface area contributed by atoms with Crippen LogP contribution in [0.15, 0.2) is 12.1 Å². The lowest BCUT2D eigenvalue weighted by Gasteiger charge is -2.28. The molecule has 4 heteroatoms. The van der Waals surface area contributed by atoms with Gasteiger partial charge in [0, 0.05) is 12.7 Å². The molecule has 1 N–H and O–H groups in total. The molecule has 0 amide bonds. The van der Waals surface area contributed by atoms with E-state index in [4.69, 9.17) is 4.74 Å². The maximum Gasteiger partial charge on any atom is 0.133 e. The van der Waals surface area contributed by atoms with Crippen LogP contribution < -0.4 is 5.32 Å². The molecule has 1 aliphatic rings. The van der Waals surface area contributed by atoms with Gasteiger partial charge in [-0.25, -0.2) is 8.78 Å². The van der Waals surface area contributed by atoms with Crippen molar-refractivity contribution in [1.82, 2.24) is 5.32 Å². The van der Waals surface area contributed by atoms with E-state index >= 15 is 0 Å². The number of benzene rings is 1. The Morgan fingerprint density at radius 1 is 1.35 bits per heavy atom. The van der Waals surface area contributed by atoms with Crippen LogP contribution in [0.25, 0.3) is 0 Å². The molecular weight excluding hydrogens is 260 g/mol. The van der Waals surface area contributed by atoms with Gasteiger partial charge in [0.25, 0.3) is 0 Å². The van der Waals surface area contributed by atoms with E-state index in [-0.39, 0.29) is 11.7 Å². The average Bonchev–Trinajstić information content (AvgIpc) is 3.25. The van der Waals surface area contributed by atoms with Gasteiger partial charge in [-0.15, -0.1) is 0 Å². The van der Waals surface area contributed by atoms with Gasteiger partial charge in [0.2, 0.25) is 0 Å². The van der Waals surface area contributed by atoms with Crippen LogP contribution >= 0.6 is 0 Å². The summed E-state index contributed by atoms with van der Waals surface area (Å²) in [6.45, 7) is 4.41. The fourth-order valence-electron chi connectivity index (χ4n) is 2.67. The van der Waals surface area contributed by atoms with Gasteiger partial charge in [-0.2, -0.15) is 0 Å². The zero-order chi connectivity index (χ0) is 14.7. The Balaban J connectivity index is 2.37. The Labute approximate surface area is 119 Å². The Hall–Kier alpha value is -1.00. The molecule has 20 heavy (non-hydrogen) atoms. The summed E-state index contributed by atoms with van der Waals surface area (Å²) in [5.41, 5.74) is 0.590. The van der Waals surface area contributed by atoms with Crippen LogP contribution in [0.2, 0.25) is 0 Å². The molecule has 2 rings (SSSR count). The molecule has 2 atom stereocenters. The smallest absolute Gasteiger partial charge is 0.133 e. The van der Waals surface area contributed by atoms with Crippen molar-refractivity contribution in [2.75, 3.05) is 13.7 Å². The Morgan fingerprint density at radius 2 is 2.05 bits per heavy atom. The summed E-state index contributed by atoms with van der Waals surface area (Å²) in [7, 11) is 1.62. The highest BCUT2D eigenvalue weighted by molar-refractivity contribution is 5.30. The summed E-state index contributed by atoms with van der Waals surface area (Å²) in [6.07, 6.45) is 2.87. The molecule has 0 saturated heterocycles. The van der Waals surface area contributed by atoms with Gasteiger partial charge >= 0.3 is 0 Å². The molecule has 2 nitrogen and oxygen atoms in total. The van der Waals surface area contributed by atoms with Crippen LogP contribution in [0.5, 0.6) is 0 Å². The number of rotatable bonds is 7. The van der Waals surface area contributed by atoms with Crippen molar-refractivity contribution in [3.8, 4) is 0 Å². The Bertz CT molecular complexity index is 460. The van der Waals surface area contributed by atoms with Crippen molar-refractivity contribution in [1.29, 1.82) is 0 Å². The minimum atomic E-state index is -0.496. The number of aryl methyl sites for hydroxylation is 1. The molecule has 1 aromatic carbocycles. The molecule has 1 aromatic rings. The lowest BCUT2D eigenvalue weighted by atomic mass is 9.95. The molecule has 1 saturated carbocycles. The Morgan fingerprint density at radius 3 is 2.60 bits per heavy atom. The first-order valence-electron chi connectivity index (χ1n) is 7.30. The Kier molecular flexibility index (Phi) is 5.11. The van der Waals surface area contributed by atoms with E-state index in [1.807, 2.05) is 6.92 Å². The number of hydrogen-bond acceptors (Lipinski definition) is 2. The first-order chi connectivity index (χ1) is 9.60. The number of ether oxygens (including phenoxy) is 1. The van der Waals surface area contributed by atoms with E-state index in [1.54, 1.807) is 14.0 Å². The van der Waals surface area contributed by atoms with Crippen molar-refractivity contribution in [3.63, 3.8) is 0 Å². The van der Waals surface area contributed by atoms with E-state index < -0.39 is 17.7 Å². The van der Waals surface area contributed by atoms with Crippen molar-refractivity contribution < 1.29 is 13.5 Å². The predicted molar refractivity (Wildman–Crippen MR) is 75.7 cm³/mol. The molecule has 2 unspecified atom stereocenters. The van der Waals surface area contributed by atoms with Crippen molar-refractivity contribution in [2.24, 2.45) is 5.92 Å². The second kappa shape index (κ2) is 6.64. The summed E-state index contributed by atoms with van der Waals surface area (Å²) < 4.78 is 34.1. The zero-order valence-corrected chi connectivity index (χ0v) is 12.4. The molecule has 112 valence electrons. The summed E-state index contributed by atoms with van der Waals surface area (Å²) in [5, 5.41) is 3.26. The van der Waals surface area contributed by atoms with Gasteiger partial charge in [0.1, 0.15) is 11.6 Å². The van der Waals surface area contributed by atoms with Crippen LogP contribution in [0.4, 0.5) is 8.78 Å². The highest BCUT2D eigenvalue weighted by Gasteiger charge is 2.39. The molecule has 0 aliphatic heterocycles. The number of halogens is 2. The minimum Gasteiger partial charge on any atom is -0.379 e. The number of nitrogens with one attached hydrogen (secondary N) is 1. The number of hydrogen-bond donors (Lipinski definition) is 1. The SMILES string of the molecule is CCCNC(c1c(F)ccc(C)c1F)C(OC)C1CC1. The van der Waals surface area contributed by atoms with Crippen molar-refractivity contribution >= 4 is 0 Å². The van der Waals surface area contributed by atoms with Crippen molar-refractivity contribution in [2.45, 2.75) is 45.3 Å². The van der Waals surface area contributed by atoms with E-state index in [2.05, 4.69) is 5.32 Å². The van der Waals surface area contributed by atoms with Crippen LogP contribution in [-0.2, 0) is 4.74 Å². The third-order valence-corrected chi connectivity index (χ3v) is 3.93. The van der Waals surface area contributed by atoms with E-state index in [0.717, 1.165) is 19.3 Å². The molecule has 0 spiro atoms. The van der Waals surface area contributed by atoms with Gasteiger partial charge in [-0.1, -0.05) is 13.0 Å². The van der Waals surface area contributed by atoms with E-state index in [9.17, 15) is 8.78 Å². The second-order valence-electron chi connectivity index (χ2n) is 5.56. The second-order valence-corrected chi connectivity index (χ2v) is 5.56. The van der Waals surface area contributed by atoms with Crippen LogP contribution in [0, 0.1) is 24.5 Å². The minimum absolute atomic E-state index is 0.122. The monoisotopic (exact) mass is 283 g/mol. The summed E-state index contributed by atoms with van der Waals surface area (Å²) in [6, 6.07) is 2.39. The molecule has 0 bridgehead atoms. The van der Waals surface area contributed by atoms with Crippen LogP contribution in [-0.4, -0.2) is 19.8 Å². The maximum atomic E-state index is 14.4. The third-order valence-electron chi connectivity index (χ3n) is 3.93. The van der Waals surface area contributed by atoms with Gasteiger partial charge in [0.05, 0.1) is 12.1 Å². The standard InChI is InChI=1S/C16H23F2NO/c1-4-9-19-15(16(20-3)11-6-7-11)13-12(17)8-5-10(2)14(13)18/h5,8,11,15-16,19H,4,6-7,9H2,1-3H3. The molecule has 0 radical (unpaired) electrons. The average molecular weight is 283 g/mol. The zero-order valence-electron chi connectivity index (χ0n) is 12.4. The highest BCUT2D eigenvalue weighted by Crippen LogP contribution is 2.41. The lowest BCUT2D eigenvalue weighted by molar-refractivity contribution is 0.0484. The van der Waals surface area contributed by atoms with Crippen LogP contribution in [0.3, 0.4) is 0 Å². The van der Waals surface area contributed by atoms with E-state index in [0.29, 0.717) is 18.0 Å². The third kappa shape index (κ3) is 3.18. The van der Waals surface area contributed by atoms with E-state index in [1.165, 1.54) is 12.1 Å². The molecule has 0 aromatic heterocycles. The maximum absolute atomic E-state index is 14.4. The quantitative estimate of drug-likeness (QED) is 0.823. The topological polar surface area (TPSA) is 21.3 Å². The molecule has 1 fully saturated rings. The predicted octanol–water partition coefficient (Wildman–Crippen LogP) is 3.74. The fraction of sp³-hybridized carbons (Fsp3) is 0.625. The normalized spacial score (nSPS) is 18.1.